The molecule has 0 aliphatic rings. The highest BCUT2D eigenvalue weighted by atomic mass is 32.2. The summed E-state index contributed by atoms with van der Waals surface area (Å²) in [6.45, 7) is -0.569. The molecule has 2 rings (SSSR count). The van der Waals surface area contributed by atoms with Gasteiger partial charge in [0.1, 0.15) is 0 Å². The zero-order valence-corrected chi connectivity index (χ0v) is 15.5. The Kier molecular flexibility index (Phi) is 7.69. The number of hydrogen-bond donors (Lipinski definition) is 2. The largest absolute Gasteiger partial charge is 0.336 e. The fourth-order valence-electron chi connectivity index (χ4n) is 1.88. The lowest BCUT2D eigenvalue weighted by Gasteiger charge is -2.09. The third-order valence-electron chi connectivity index (χ3n) is 3.13. The van der Waals surface area contributed by atoms with E-state index in [1.54, 1.807) is 48.5 Å². The first-order valence-corrected chi connectivity index (χ1v) is 10.5. The molecular weight excluding hydrogens is 380 g/mol. The summed E-state index contributed by atoms with van der Waals surface area (Å²) in [6.07, 6.45) is 0. The number of rotatable bonds is 11. The van der Waals surface area contributed by atoms with Crippen molar-refractivity contribution in [2.45, 2.75) is 13.2 Å². The number of hydrogen-bond acceptors (Lipinski definition) is 6. The van der Waals surface area contributed by atoms with Crippen LogP contribution in [0.5, 0.6) is 0 Å². The molecule has 2 aromatic rings. The van der Waals surface area contributed by atoms with Gasteiger partial charge in [-0.25, -0.2) is 0 Å². The van der Waals surface area contributed by atoms with Gasteiger partial charge in [0.2, 0.25) is 0 Å². The Bertz CT molecular complexity index is 796. The highest BCUT2D eigenvalue weighted by Crippen LogP contribution is 2.04. The third-order valence-corrected chi connectivity index (χ3v) is 5.10. The molecule has 0 heterocycles. The third kappa shape index (κ3) is 8.04. The Morgan fingerprint density at radius 2 is 0.962 bits per heavy atom. The summed E-state index contributed by atoms with van der Waals surface area (Å²) in [6, 6.07) is 17.6. The number of nitrogens with one attached hydrogen (secondary N) is 2. The van der Waals surface area contributed by atoms with Crippen LogP contribution in [0.1, 0.15) is 11.1 Å². The van der Waals surface area contributed by atoms with Crippen LogP contribution in [0.2, 0.25) is 0 Å². The maximum Gasteiger partial charge on any atom is 0.336 e. The molecule has 0 bridgehead atoms. The van der Waals surface area contributed by atoms with Crippen LogP contribution in [0.4, 0.5) is 0 Å². The van der Waals surface area contributed by atoms with E-state index in [9.17, 15) is 16.8 Å². The molecule has 0 saturated heterocycles. The molecule has 0 aromatic heterocycles. The maximum atomic E-state index is 11.7. The number of benzene rings is 2. The van der Waals surface area contributed by atoms with Crippen molar-refractivity contribution in [1.82, 2.24) is 9.44 Å². The van der Waals surface area contributed by atoms with Crippen LogP contribution in [0.25, 0.3) is 0 Å². The highest BCUT2D eigenvalue weighted by molar-refractivity contribution is 7.85. The Hall–Kier alpha value is -1.82. The van der Waals surface area contributed by atoms with Gasteiger partial charge in [-0.2, -0.15) is 26.3 Å². The van der Waals surface area contributed by atoms with Crippen molar-refractivity contribution in [2.24, 2.45) is 0 Å². The van der Waals surface area contributed by atoms with E-state index >= 15 is 0 Å². The van der Waals surface area contributed by atoms with E-state index in [1.807, 2.05) is 12.1 Å². The van der Waals surface area contributed by atoms with Crippen molar-refractivity contribution in [2.75, 3.05) is 13.1 Å². The van der Waals surface area contributed by atoms with Gasteiger partial charge in [0, 0.05) is 13.1 Å². The second-order valence-corrected chi connectivity index (χ2v) is 8.06. The highest BCUT2D eigenvalue weighted by Gasteiger charge is 2.13. The second kappa shape index (κ2) is 9.76. The van der Waals surface area contributed by atoms with Crippen LogP contribution in [0, 0.1) is 0 Å². The van der Waals surface area contributed by atoms with Crippen LogP contribution in [0.3, 0.4) is 0 Å². The van der Waals surface area contributed by atoms with Gasteiger partial charge in [-0.3, -0.25) is 8.37 Å². The predicted molar refractivity (Wildman–Crippen MR) is 96.3 cm³/mol. The van der Waals surface area contributed by atoms with Crippen molar-refractivity contribution in [3.05, 3.63) is 71.8 Å². The molecule has 10 heteroatoms. The van der Waals surface area contributed by atoms with Crippen LogP contribution >= 0.6 is 0 Å². The van der Waals surface area contributed by atoms with Gasteiger partial charge in [-0.15, -0.1) is 0 Å². The summed E-state index contributed by atoms with van der Waals surface area (Å²) in [5.74, 6) is 0. The molecule has 0 amide bonds. The molecule has 0 radical (unpaired) electrons. The first-order valence-electron chi connectivity index (χ1n) is 7.72. The van der Waals surface area contributed by atoms with Gasteiger partial charge < -0.3 is 0 Å². The smallest absolute Gasteiger partial charge is 0.253 e. The summed E-state index contributed by atoms with van der Waals surface area (Å²) >= 11 is 0. The Morgan fingerprint density at radius 3 is 1.31 bits per heavy atom. The molecule has 2 aromatic carbocycles. The Morgan fingerprint density at radius 1 is 0.615 bits per heavy atom. The lowest BCUT2D eigenvalue weighted by atomic mass is 10.2. The Balaban J connectivity index is 1.68. The summed E-state index contributed by atoms with van der Waals surface area (Å²) < 4.78 is 60.7. The van der Waals surface area contributed by atoms with Gasteiger partial charge in [0.25, 0.3) is 0 Å². The zero-order chi connectivity index (χ0) is 18.9. The molecule has 26 heavy (non-hydrogen) atoms. The van der Waals surface area contributed by atoms with Gasteiger partial charge in [0.15, 0.2) is 0 Å². The Labute approximate surface area is 153 Å². The average molecular weight is 400 g/mol. The maximum absolute atomic E-state index is 11.7. The monoisotopic (exact) mass is 400 g/mol. The first kappa shape index (κ1) is 20.5. The molecule has 0 spiro atoms. The summed E-state index contributed by atoms with van der Waals surface area (Å²) in [4.78, 5) is 0. The minimum Gasteiger partial charge on any atom is -0.253 e. The second-order valence-electron chi connectivity index (χ2n) is 5.19. The minimum atomic E-state index is -3.98. The van der Waals surface area contributed by atoms with Crippen LogP contribution in [-0.4, -0.2) is 29.9 Å². The molecule has 0 aliphatic heterocycles. The minimum absolute atomic E-state index is 0.109. The molecular formula is C16H20N2O6S2. The first-order chi connectivity index (χ1) is 12.4. The van der Waals surface area contributed by atoms with Gasteiger partial charge in [0.05, 0.1) is 13.2 Å². The van der Waals surface area contributed by atoms with Crippen LogP contribution in [-0.2, 0) is 42.2 Å². The van der Waals surface area contributed by atoms with E-state index in [0.717, 1.165) is 0 Å². The van der Waals surface area contributed by atoms with Gasteiger partial charge in [-0.1, -0.05) is 60.7 Å². The molecule has 0 saturated carbocycles. The summed E-state index contributed by atoms with van der Waals surface area (Å²) in [5.41, 5.74) is 1.40. The van der Waals surface area contributed by atoms with E-state index in [-0.39, 0.29) is 26.3 Å². The normalized spacial score (nSPS) is 12.2. The van der Waals surface area contributed by atoms with E-state index in [0.29, 0.717) is 11.1 Å². The molecule has 0 unspecified atom stereocenters. The van der Waals surface area contributed by atoms with Crippen molar-refractivity contribution in [1.29, 1.82) is 0 Å². The molecule has 2 N–H and O–H groups in total. The van der Waals surface area contributed by atoms with E-state index < -0.39 is 20.6 Å². The standard InChI is InChI=1S/C16H20N2O6S2/c19-25(20,23-13-15-7-3-1-4-8-15)17-11-12-18-26(21,22)24-14-16-9-5-2-6-10-16/h1-10,17-18H,11-14H2. The zero-order valence-electron chi connectivity index (χ0n) is 13.9. The molecule has 0 fully saturated rings. The molecule has 0 atom stereocenters. The van der Waals surface area contributed by atoms with Crippen LogP contribution < -0.4 is 9.44 Å². The fourth-order valence-corrected chi connectivity index (χ4v) is 3.33. The van der Waals surface area contributed by atoms with Crippen molar-refractivity contribution < 1.29 is 25.2 Å². The predicted octanol–water partition coefficient (Wildman–Crippen LogP) is 1.09. The molecule has 142 valence electrons. The summed E-state index contributed by atoms with van der Waals surface area (Å²) in [7, 11) is -7.96. The lowest BCUT2D eigenvalue weighted by molar-refractivity contribution is 0.297. The van der Waals surface area contributed by atoms with Crippen molar-refractivity contribution >= 4 is 20.6 Å². The van der Waals surface area contributed by atoms with E-state index in [1.165, 1.54) is 0 Å². The molecule has 8 nitrogen and oxygen atoms in total. The SMILES string of the molecule is O=S(=O)(NCCNS(=O)(=O)OCc1ccccc1)OCc1ccccc1. The van der Waals surface area contributed by atoms with Gasteiger partial charge in [-0.05, 0) is 11.1 Å². The van der Waals surface area contributed by atoms with Crippen molar-refractivity contribution in [3.8, 4) is 0 Å². The average Bonchev–Trinajstić information content (AvgIpc) is 2.64. The van der Waals surface area contributed by atoms with Gasteiger partial charge >= 0.3 is 20.6 Å². The fraction of sp³-hybridized carbons (Fsp3) is 0.250. The molecule has 0 aliphatic carbocycles. The lowest BCUT2D eigenvalue weighted by Crippen LogP contribution is -2.36. The quantitative estimate of drug-likeness (QED) is 0.546. The van der Waals surface area contributed by atoms with E-state index in [4.69, 9.17) is 8.37 Å². The van der Waals surface area contributed by atoms with E-state index in [2.05, 4.69) is 9.44 Å². The van der Waals surface area contributed by atoms with Crippen molar-refractivity contribution in [3.63, 3.8) is 0 Å². The van der Waals surface area contributed by atoms with Crippen LogP contribution in [0.15, 0.2) is 60.7 Å². The topological polar surface area (TPSA) is 111 Å². The summed E-state index contributed by atoms with van der Waals surface area (Å²) in [5, 5.41) is 0.